The Morgan fingerprint density at radius 3 is 3.00 bits per heavy atom. The first-order chi connectivity index (χ1) is 6.83. The SMILES string of the molecule is CNCc1ccc(Br)c2cccnc12. The van der Waals surface area contributed by atoms with Gasteiger partial charge >= 0.3 is 0 Å². The second-order valence-electron chi connectivity index (χ2n) is 3.14. The standard InChI is InChI=1S/C11H11BrN2/c1-13-7-8-4-5-10(12)9-3-2-6-14-11(8)9/h2-6,13H,7H2,1H3. The zero-order valence-electron chi connectivity index (χ0n) is 7.92. The van der Waals surface area contributed by atoms with E-state index >= 15 is 0 Å². The minimum absolute atomic E-state index is 0.848. The van der Waals surface area contributed by atoms with Gasteiger partial charge in [0.15, 0.2) is 0 Å². The van der Waals surface area contributed by atoms with Crippen molar-refractivity contribution in [3.8, 4) is 0 Å². The molecule has 1 aromatic heterocycles. The molecule has 0 fully saturated rings. The van der Waals surface area contributed by atoms with Gasteiger partial charge in [-0.15, -0.1) is 0 Å². The van der Waals surface area contributed by atoms with E-state index < -0.39 is 0 Å². The van der Waals surface area contributed by atoms with Gasteiger partial charge in [0, 0.05) is 22.6 Å². The lowest BCUT2D eigenvalue weighted by Gasteiger charge is -2.06. The van der Waals surface area contributed by atoms with Crippen LogP contribution in [0.2, 0.25) is 0 Å². The van der Waals surface area contributed by atoms with Gasteiger partial charge in [-0.1, -0.05) is 28.1 Å². The van der Waals surface area contributed by atoms with Crippen LogP contribution in [0.5, 0.6) is 0 Å². The Bertz CT molecular complexity index is 454. The number of benzene rings is 1. The van der Waals surface area contributed by atoms with Crippen LogP contribution in [-0.4, -0.2) is 12.0 Å². The lowest BCUT2D eigenvalue weighted by Crippen LogP contribution is -2.05. The second-order valence-corrected chi connectivity index (χ2v) is 3.99. The van der Waals surface area contributed by atoms with Gasteiger partial charge in [-0.25, -0.2) is 0 Å². The number of rotatable bonds is 2. The van der Waals surface area contributed by atoms with Crippen molar-refractivity contribution in [2.24, 2.45) is 0 Å². The molecule has 1 aromatic carbocycles. The molecule has 0 saturated carbocycles. The molecule has 0 aliphatic rings. The van der Waals surface area contributed by atoms with Gasteiger partial charge in [-0.05, 0) is 24.7 Å². The fraction of sp³-hybridized carbons (Fsp3) is 0.182. The van der Waals surface area contributed by atoms with Crippen LogP contribution in [0.25, 0.3) is 10.9 Å². The van der Waals surface area contributed by atoms with E-state index in [4.69, 9.17) is 0 Å². The summed E-state index contributed by atoms with van der Waals surface area (Å²) in [4.78, 5) is 4.39. The molecule has 1 N–H and O–H groups in total. The van der Waals surface area contributed by atoms with Crippen molar-refractivity contribution in [2.75, 3.05) is 7.05 Å². The summed E-state index contributed by atoms with van der Waals surface area (Å²) in [6.07, 6.45) is 1.83. The van der Waals surface area contributed by atoms with E-state index in [0.29, 0.717) is 0 Å². The van der Waals surface area contributed by atoms with Crippen LogP contribution in [0, 0.1) is 0 Å². The number of nitrogens with zero attached hydrogens (tertiary/aromatic N) is 1. The van der Waals surface area contributed by atoms with E-state index in [1.54, 1.807) is 0 Å². The summed E-state index contributed by atoms with van der Waals surface area (Å²) in [5, 5.41) is 4.31. The molecule has 2 rings (SSSR count). The Morgan fingerprint density at radius 1 is 1.36 bits per heavy atom. The number of pyridine rings is 1. The molecule has 0 aliphatic heterocycles. The van der Waals surface area contributed by atoms with Crippen LogP contribution in [0.4, 0.5) is 0 Å². The first-order valence-electron chi connectivity index (χ1n) is 4.49. The quantitative estimate of drug-likeness (QED) is 0.887. The predicted molar refractivity (Wildman–Crippen MR) is 62.2 cm³/mol. The molecule has 0 amide bonds. The molecule has 1 heterocycles. The third-order valence-electron chi connectivity index (χ3n) is 2.17. The zero-order chi connectivity index (χ0) is 9.97. The van der Waals surface area contributed by atoms with Gasteiger partial charge in [0.1, 0.15) is 0 Å². The summed E-state index contributed by atoms with van der Waals surface area (Å²) in [5.41, 5.74) is 2.29. The summed E-state index contributed by atoms with van der Waals surface area (Å²) in [6, 6.07) is 8.19. The zero-order valence-corrected chi connectivity index (χ0v) is 9.51. The molecule has 0 radical (unpaired) electrons. The molecule has 0 atom stereocenters. The van der Waals surface area contributed by atoms with Gasteiger partial charge in [-0.3, -0.25) is 4.98 Å². The van der Waals surface area contributed by atoms with Crippen LogP contribution in [-0.2, 0) is 6.54 Å². The summed E-state index contributed by atoms with van der Waals surface area (Å²) in [6.45, 7) is 0.848. The second kappa shape index (κ2) is 4.07. The molecular weight excluding hydrogens is 240 g/mol. The highest BCUT2D eigenvalue weighted by molar-refractivity contribution is 9.10. The molecule has 0 spiro atoms. The third kappa shape index (κ3) is 1.65. The molecule has 0 saturated heterocycles. The number of nitrogens with one attached hydrogen (secondary N) is 1. The lowest BCUT2D eigenvalue weighted by molar-refractivity contribution is 0.821. The normalized spacial score (nSPS) is 10.7. The fourth-order valence-corrected chi connectivity index (χ4v) is 1.98. The highest BCUT2D eigenvalue weighted by Gasteiger charge is 2.03. The van der Waals surface area contributed by atoms with E-state index in [2.05, 4.69) is 44.4 Å². The van der Waals surface area contributed by atoms with E-state index in [9.17, 15) is 0 Å². The smallest absolute Gasteiger partial charge is 0.0758 e. The van der Waals surface area contributed by atoms with Crippen LogP contribution < -0.4 is 5.32 Å². The minimum atomic E-state index is 0.848. The Balaban J connectivity index is 2.68. The Morgan fingerprint density at radius 2 is 2.21 bits per heavy atom. The van der Waals surface area contributed by atoms with Crippen LogP contribution in [0.3, 0.4) is 0 Å². The molecule has 0 unspecified atom stereocenters. The van der Waals surface area contributed by atoms with Gasteiger partial charge in [-0.2, -0.15) is 0 Å². The summed E-state index contributed by atoms with van der Waals surface area (Å²) in [7, 11) is 1.94. The van der Waals surface area contributed by atoms with E-state index in [1.165, 1.54) is 10.9 Å². The average Bonchev–Trinajstić information content (AvgIpc) is 2.23. The van der Waals surface area contributed by atoms with E-state index in [1.807, 2.05) is 19.3 Å². The van der Waals surface area contributed by atoms with E-state index in [0.717, 1.165) is 16.5 Å². The first kappa shape index (κ1) is 9.62. The monoisotopic (exact) mass is 250 g/mol. The van der Waals surface area contributed by atoms with Crippen molar-refractivity contribution >= 4 is 26.8 Å². The largest absolute Gasteiger partial charge is 0.316 e. The minimum Gasteiger partial charge on any atom is -0.316 e. The molecule has 3 heteroatoms. The maximum Gasteiger partial charge on any atom is 0.0758 e. The van der Waals surface area contributed by atoms with Crippen molar-refractivity contribution in [3.05, 3.63) is 40.5 Å². The number of halogens is 1. The third-order valence-corrected chi connectivity index (χ3v) is 2.86. The molecular formula is C11H11BrN2. The Hall–Kier alpha value is -0.930. The topological polar surface area (TPSA) is 24.9 Å². The molecule has 0 aliphatic carbocycles. The average molecular weight is 251 g/mol. The summed E-state index contributed by atoms with van der Waals surface area (Å²) in [5.74, 6) is 0. The Kier molecular flexibility index (Phi) is 2.79. The van der Waals surface area contributed by atoms with Gasteiger partial charge in [0.25, 0.3) is 0 Å². The van der Waals surface area contributed by atoms with Gasteiger partial charge < -0.3 is 5.32 Å². The van der Waals surface area contributed by atoms with Crippen molar-refractivity contribution in [3.63, 3.8) is 0 Å². The van der Waals surface area contributed by atoms with E-state index in [-0.39, 0.29) is 0 Å². The van der Waals surface area contributed by atoms with Gasteiger partial charge in [0.05, 0.1) is 5.52 Å². The highest BCUT2D eigenvalue weighted by Crippen LogP contribution is 2.24. The van der Waals surface area contributed by atoms with Crippen molar-refractivity contribution in [2.45, 2.75) is 6.54 Å². The predicted octanol–water partition coefficient (Wildman–Crippen LogP) is 2.72. The first-order valence-corrected chi connectivity index (χ1v) is 5.29. The molecule has 0 bridgehead atoms. The molecule has 14 heavy (non-hydrogen) atoms. The molecule has 2 nitrogen and oxygen atoms in total. The number of fused-ring (bicyclic) bond motifs is 1. The van der Waals surface area contributed by atoms with Crippen LogP contribution in [0.1, 0.15) is 5.56 Å². The van der Waals surface area contributed by atoms with Gasteiger partial charge in [0.2, 0.25) is 0 Å². The van der Waals surface area contributed by atoms with Crippen molar-refractivity contribution in [1.29, 1.82) is 0 Å². The van der Waals surface area contributed by atoms with Crippen LogP contribution >= 0.6 is 15.9 Å². The lowest BCUT2D eigenvalue weighted by atomic mass is 10.1. The highest BCUT2D eigenvalue weighted by atomic mass is 79.9. The number of hydrogen-bond donors (Lipinski definition) is 1. The van der Waals surface area contributed by atoms with Crippen LogP contribution in [0.15, 0.2) is 34.9 Å². The summed E-state index contributed by atoms with van der Waals surface area (Å²) >= 11 is 3.52. The maximum absolute atomic E-state index is 4.39. The fourth-order valence-electron chi connectivity index (χ4n) is 1.53. The number of aromatic nitrogens is 1. The number of hydrogen-bond acceptors (Lipinski definition) is 2. The maximum atomic E-state index is 4.39. The molecule has 2 aromatic rings. The summed E-state index contributed by atoms with van der Waals surface area (Å²) < 4.78 is 1.10. The van der Waals surface area contributed by atoms with Crippen molar-refractivity contribution in [1.82, 2.24) is 10.3 Å². The molecule has 72 valence electrons. The van der Waals surface area contributed by atoms with Crippen molar-refractivity contribution < 1.29 is 0 Å². The Labute approximate surface area is 91.5 Å².